The van der Waals surface area contributed by atoms with E-state index < -0.39 is 18.7 Å². The van der Waals surface area contributed by atoms with E-state index >= 15 is 0 Å². The van der Waals surface area contributed by atoms with Crippen molar-refractivity contribution in [3.63, 3.8) is 0 Å². The third kappa shape index (κ3) is 13.8. The molecule has 0 saturated carbocycles. The molecule has 0 saturated heterocycles. The summed E-state index contributed by atoms with van der Waals surface area (Å²) in [4.78, 5) is 65.8. The number of carbonyl (C=O) groups excluding carboxylic acids is 2. The van der Waals surface area contributed by atoms with Crippen molar-refractivity contribution in [1.29, 1.82) is 5.26 Å². The minimum absolute atomic E-state index is 0.0798. The summed E-state index contributed by atoms with van der Waals surface area (Å²) in [6.45, 7) is -0.312. The molecule has 15 heteroatoms. The highest BCUT2D eigenvalue weighted by Gasteiger charge is 2.45. The lowest BCUT2D eigenvalue weighted by atomic mass is 9.33. The van der Waals surface area contributed by atoms with Crippen LogP contribution in [0.15, 0.2) is 394 Å². The van der Waals surface area contributed by atoms with Crippen molar-refractivity contribution in [2.75, 3.05) is 9.80 Å². The molecule has 14 nitrogen and oxygen atoms in total. The number of rotatable bonds is 18. The van der Waals surface area contributed by atoms with Gasteiger partial charge < -0.3 is 23.8 Å². The number of ether oxygens (including phenoxy) is 2. The van der Waals surface area contributed by atoms with Crippen molar-refractivity contribution in [1.82, 2.24) is 34.5 Å². The molecular weight excluding hydrogens is 1500 g/mol. The number of hydrogen-bond donors (Lipinski definition) is 0. The summed E-state index contributed by atoms with van der Waals surface area (Å²) in [7, 11) is 0. The Bertz CT molecular complexity index is 6960. The second-order valence-corrected chi connectivity index (χ2v) is 30.2. The fourth-order valence-corrected chi connectivity index (χ4v) is 16.9. The Kier molecular flexibility index (Phi) is 18.9. The summed E-state index contributed by atoms with van der Waals surface area (Å²) in [6.07, 6.45) is 0. The van der Waals surface area contributed by atoms with E-state index in [0.717, 1.165) is 145 Å². The second-order valence-electron chi connectivity index (χ2n) is 30.2. The summed E-state index contributed by atoms with van der Waals surface area (Å²) < 4.78 is 14.6. The molecule has 0 unspecified atom stereocenters. The molecule has 19 aromatic rings. The zero-order valence-corrected chi connectivity index (χ0v) is 65.6. The van der Waals surface area contributed by atoms with Crippen molar-refractivity contribution in [3.05, 3.63) is 422 Å². The molecule has 574 valence electrons. The lowest BCUT2D eigenvalue weighted by molar-refractivity contribution is 0.0464. The van der Waals surface area contributed by atoms with Crippen molar-refractivity contribution in [3.8, 4) is 113 Å². The molecule has 0 amide bonds. The number of anilines is 6. The predicted octanol–water partition coefficient (Wildman–Crippen LogP) is 22.8. The van der Waals surface area contributed by atoms with Crippen LogP contribution >= 0.6 is 0 Å². The van der Waals surface area contributed by atoms with Crippen molar-refractivity contribution < 1.29 is 19.1 Å². The van der Waals surface area contributed by atoms with Crippen LogP contribution in [0.25, 0.3) is 129 Å². The first kappa shape index (κ1) is 73.1. The third-order valence-electron chi connectivity index (χ3n) is 22.8. The molecule has 0 radical (unpaired) electrons. The van der Waals surface area contributed by atoms with Gasteiger partial charge in [0.1, 0.15) is 13.2 Å². The molecule has 0 atom stereocenters. The maximum atomic E-state index is 14.9. The lowest BCUT2D eigenvalue weighted by Crippen LogP contribution is -2.61. The predicted molar refractivity (Wildman–Crippen MR) is 486 cm³/mol. The van der Waals surface area contributed by atoms with Gasteiger partial charge in [-0.25, -0.2) is 39.5 Å². The fourth-order valence-electron chi connectivity index (χ4n) is 16.9. The number of fused-ring (bicyclic) bond motifs is 7. The highest BCUT2D eigenvalue weighted by molar-refractivity contribution is 7.00. The number of carbonyl (C=O) groups is 2. The van der Waals surface area contributed by atoms with Gasteiger partial charge in [0.15, 0.2) is 34.9 Å². The van der Waals surface area contributed by atoms with Gasteiger partial charge >= 0.3 is 11.9 Å². The van der Waals surface area contributed by atoms with Crippen LogP contribution in [0.1, 0.15) is 37.4 Å². The molecule has 21 rings (SSSR count). The van der Waals surface area contributed by atoms with Crippen LogP contribution in [0.2, 0.25) is 0 Å². The summed E-state index contributed by atoms with van der Waals surface area (Å²) in [5.41, 5.74) is 23.6. The summed E-state index contributed by atoms with van der Waals surface area (Å²) >= 11 is 0. The molecule has 0 spiro atoms. The number of esters is 2. The summed E-state index contributed by atoms with van der Waals surface area (Å²) in [5.74, 6) is 1.88. The van der Waals surface area contributed by atoms with Crippen molar-refractivity contribution in [2.45, 2.75) is 13.2 Å². The van der Waals surface area contributed by atoms with E-state index in [1.807, 2.05) is 261 Å². The molecule has 5 heterocycles. The van der Waals surface area contributed by atoms with Crippen LogP contribution < -0.4 is 26.2 Å². The van der Waals surface area contributed by atoms with Gasteiger partial charge in [-0.05, 0) is 170 Å². The van der Waals surface area contributed by atoms with E-state index in [0.29, 0.717) is 62.9 Å². The second kappa shape index (κ2) is 31.5. The molecule has 0 fully saturated rings. The van der Waals surface area contributed by atoms with E-state index in [9.17, 15) is 14.9 Å². The number of aromatic nitrogens is 7. The van der Waals surface area contributed by atoms with E-state index in [2.05, 4.69) is 154 Å². The first-order valence-electron chi connectivity index (χ1n) is 40.4. The van der Waals surface area contributed by atoms with Gasteiger partial charge in [-0.15, -0.1) is 0 Å². The van der Waals surface area contributed by atoms with E-state index in [-0.39, 0.29) is 13.2 Å². The molecule has 0 aliphatic carbocycles. The molecule has 0 bridgehead atoms. The zero-order valence-electron chi connectivity index (χ0n) is 65.6. The minimum atomic E-state index is -0.473. The SMILES string of the molecule is N#Cc1ccc(-n2c3ccc(-c4cc5c6c(c4)N(c4ccc(-c7ccccc7)cc4)c4cc(C(=O)OCc7ccccc7)ccc4B6c4ccc(C(=O)OCc6ccccc6)cc4N5c4ccc(-c5ccccc5)cc4)cc3c3cc(-c4nc(-c5ccccc5)nc(-c5ccccc5)n4)ccc32)c(-c2nc(-c3ccccc3)nc(-c3ccccc3)n2)c1. The van der Waals surface area contributed by atoms with Gasteiger partial charge in [0.25, 0.3) is 6.71 Å². The standard InChI is InChI=1S/C107H69BN10O4/c109-66-71-41-56-94(89(59-71)105-114-102(78-37-21-7-22-38-78)111-103(115-105)79-39-23-8-24-40-79)118-92-57-48-80(60-87(92)88-61-81(49-58-93(88)118)104-112-100(76-33-17-5-18-34-76)110-101(113-104)77-35-19-6-20-36-77)84-64-97-99-98(65-84)117(86-52-44-75(45-53-86)73-31-15-4-16-32-73)96-63-83(107(120)122-68-70-27-11-2-12-28-70)47-55-91(96)108(99)90-54-46-82(106(119)121-67-69-25-9-1-10-26-69)62-95(90)116(97)85-50-42-74(43-51-85)72-29-13-3-14-30-72/h1-65H,67-68H2. The van der Waals surface area contributed by atoms with Crippen LogP contribution in [0.3, 0.4) is 0 Å². The van der Waals surface area contributed by atoms with Crippen LogP contribution in [-0.2, 0) is 22.7 Å². The Morgan fingerprint density at radius 3 is 1.04 bits per heavy atom. The van der Waals surface area contributed by atoms with Gasteiger partial charge in [-0.2, -0.15) is 5.26 Å². The molecule has 2 aliphatic heterocycles. The average molecular weight is 1570 g/mol. The molecular formula is C107H69BN10O4. The Hall–Kier alpha value is -16.6. The van der Waals surface area contributed by atoms with Gasteiger partial charge in [-0.1, -0.05) is 285 Å². The minimum Gasteiger partial charge on any atom is -0.457 e. The largest absolute Gasteiger partial charge is 0.457 e. The summed E-state index contributed by atoms with van der Waals surface area (Å²) in [6, 6.07) is 135. The van der Waals surface area contributed by atoms with Gasteiger partial charge in [-0.3, -0.25) is 0 Å². The highest BCUT2D eigenvalue weighted by Crippen LogP contribution is 2.49. The van der Waals surface area contributed by atoms with E-state index in [1.165, 1.54) is 0 Å². The maximum Gasteiger partial charge on any atom is 0.338 e. The van der Waals surface area contributed by atoms with Gasteiger partial charge in [0, 0.05) is 78.3 Å². The van der Waals surface area contributed by atoms with E-state index in [1.54, 1.807) is 0 Å². The first-order chi connectivity index (χ1) is 60.2. The van der Waals surface area contributed by atoms with Crippen LogP contribution in [0.4, 0.5) is 34.1 Å². The fraction of sp³-hybridized carbons (Fsp3) is 0.0187. The van der Waals surface area contributed by atoms with Crippen LogP contribution in [0.5, 0.6) is 0 Å². The number of hydrogen-bond acceptors (Lipinski definition) is 13. The zero-order chi connectivity index (χ0) is 81.6. The Morgan fingerprint density at radius 1 is 0.295 bits per heavy atom. The number of benzene rings is 16. The third-order valence-corrected chi connectivity index (χ3v) is 22.8. The first-order valence-corrected chi connectivity index (χ1v) is 40.4. The molecule has 0 N–H and O–H groups in total. The van der Waals surface area contributed by atoms with Crippen molar-refractivity contribution >= 4 is 91.0 Å². The highest BCUT2D eigenvalue weighted by atomic mass is 16.5. The Labute approximate surface area is 704 Å². The number of nitriles is 1. The monoisotopic (exact) mass is 1570 g/mol. The Balaban J connectivity index is 0.825. The molecule has 122 heavy (non-hydrogen) atoms. The van der Waals surface area contributed by atoms with E-state index in [4.69, 9.17) is 39.4 Å². The van der Waals surface area contributed by atoms with Gasteiger partial charge in [0.2, 0.25) is 0 Å². The van der Waals surface area contributed by atoms with Crippen molar-refractivity contribution in [2.24, 2.45) is 0 Å². The lowest BCUT2D eigenvalue weighted by Gasteiger charge is -2.44. The summed E-state index contributed by atoms with van der Waals surface area (Å²) in [5, 5.41) is 12.6. The van der Waals surface area contributed by atoms with Crippen LogP contribution in [-0.4, -0.2) is 53.1 Å². The normalized spacial score (nSPS) is 11.8. The van der Waals surface area contributed by atoms with Gasteiger partial charge in [0.05, 0.1) is 39.5 Å². The number of nitrogens with zero attached hydrogens (tertiary/aromatic N) is 10. The Morgan fingerprint density at radius 2 is 0.639 bits per heavy atom. The average Bonchev–Trinajstić information content (AvgIpc) is 0.758. The van der Waals surface area contributed by atoms with Crippen LogP contribution in [0, 0.1) is 11.3 Å². The quantitative estimate of drug-likeness (QED) is 0.0589. The maximum absolute atomic E-state index is 14.9. The molecule has 2 aliphatic rings. The molecule has 16 aromatic carbocycles. The topological polar surface area (TPSA) is 165 Å². The molecule has 3 aromatic heterocycles. The smallest absolute Gasteiger partial charge is 0.338 e.